The number of thiophene rings is 1. The molecule has 0 radical (unpaired) electrons. The number of rotatable bonds is 4. The second kappa shape index (κ2) is 6.38. The summed E-state index contributed by atoms with van der Waals surface area (Å²) >= 11 is 1.64. The van der Waals surface area contributed by atoms with E-state index in [0.29, 0.717) is 12.5 Å². The van der Waals surface area contributed by atoms with Crippen LogP contribution < -0.4 is 10.6 Å². The van der Waals surface area contributed by atoms with Crippen LogP contribution in [0.2, 0.25) is 0 Å². The summed E-state index contributed by atoms with van der Waals surface area (Å²) in [6.45, 7) is 4.83. The van der Waals surface area contributed by atoms with Crippen molar-refractivity contribution in [1.29, 1.82) is 0 Å². The second-order valence-corrected chi connectivity index (χ2v) is 5.70. The molecule has 1 heterocycles. The van der Waals surface area contributed by atoms with Crippen LogP contribution in [0, 0.1) is 0 Å². The lowest BCUT2D eigenvalue weighted by molar-refractivity contribution is 0.252. The lowest BCUT2D eigenvalue weighted by Crippen LogP contribution is -2.27. The highest BCUT2D eigenvalue weighted by Crippen LogP contribution is 2.18. The molecule has 2 aromatic rings. The van der Waals surface area contributed by atoms with Gasteiger partial charge >= 0.3 is 6.03 Å². The maximum Gasteiger partial charge on any atom is 0.319 e. The van der Waals surface area contributed by atoms with Gasteiger partial charge in [0, 0.05) is 10.6 Å². The second-order valence-electron chi connectivity index (χ2n) is 4.67. The molecule has 0 atom stereocenters. The standard InChI is InChI=1S/C15H18N2OS/c1-11(2)12-5-3-6-13(9-12)17-15(18)16-10-14-7-4-8-19-14/h3-9,11H,10H2,1-2H3,(H2,16,17,18). The zero-order chi connectivity index (χ0) is 13.7. The molecule has 19 heavy (non-hydrogen) atoms. The number of urea groups is 1. The van der Waals surface area contributed by atoms with Crippen LogP contribution in [0.1, 0.15) is 30.2 Å². The molecular weight excluding hydrogens is 256 g/mol. The third-order valence-corrected chi connectivity index (χ3v) is 3.69. The molecular formula is C15H18N2OS. The van der Waals surface area contributed by atoms with E-state index in [9.17, 15) is 4.79 Å². The highest BCUT2D eigenvalue weighted by atomic mass is 32.1. The van der Waals surface area contributed by atoms with Gasteiger partial charge in [0.05, 0.1) is 6.54 Å². The van der Waals surface area contributed by atoms with Gasteiger partial charge in [0.2, 0.25) is 0 Å². The topological polar surface area (TPSA) is 41.1 Å². The Morgan fingerprint density at radius 1 is 1.26 bits per heavy atom. The highest BCUT2D eigenvalue weighted by molar-refractivity contribution is 7.09. The van der Waals surface area contributed by atoms with Crippen molar-refractivity contribution in [3.8, 4) is 0 Å². The summed E-state index contributed by atoms with van der Waals surface area (Å²) in [5.41, 5.74) is 2.05. The Kier molecular flexibility index (Phi) is 4.58. The number of nitrogens with one attached hydrogen (secondary N) is 2. The summed E-state index contributed by atoms with van der Waals surface area (Å²) in [5, 5.41) is 7.70. The number of carbonyl (C=O) groups excluding carboxylic acids is 1. The van der Waals surface area contributed by atoms with Crippen molar-refractivity contribution >= 4 is 23.1 Å². The Morgan fingerprint density at radius 3 is 2.79 bits per heavy atom. The van der Waals surface area contributed by atoms with Crippen LogP contribution >= 0.6 is 11.3 Å². The number of amides is 2. The van der Waals surface area contributed by atoms with E-state index in [-0.39, 0.29) is 6.03 Å². The molecule has 0 fully saturated rings. The largest absolute Gasteiger partial charge is 0.333 e. The van der Waals surface area contributed by atoms with Crippen molar-refractivity contribution in [2.75, 3.05) is 5.32 Å². The average molecular weight is 274 g/mol. The van der Waals surface area contributed by atoms with Gasteiger partial charge in [-0.1, -0.05) is 32.0 Å². The van der Waals surface area contributed by atoms with Crippen LogP contribution in [0.4, 0.5) is 10.5 Å². The maximum atomic E-state index is 11.8. The van der Waals surface area contributed by atoms with E-state index in [1.54, 1.807) is 11.3 Å². The molecule has 2 amide bonds. The van der Waals surface area contributed by atoms with E-state index in [0.717, 1.165) is 10.6 Å². The first-order valence-electron chi connectivity index (χ1n) is 6.32. The van der Waals surface area contributed by atoms with Crippen LogP contribution in [-0.2, 0) is 6.54 Å². The van der Waals surface area contributed by atoms with Gasteiger partial charge in [-0.3, -0.25) is 0 Å². The van der Waals surface area contributed by atoms with Gasteiger partial charge in [0.1, 0.15) is 0 Å². The predicted molar refractivity (Wildman–Crippen MR) is 80.7 cm³/mol. The maximum absolute atomic E-state index is 11.8. The Bertz CT molecular complexity index is 535. The van der Waals surface area contributed by atoms with Crippen molar-refractivity contribution in [2.24, 2.45) is 0 Å². The third-order valence-electron chi connectivity index (χ3n) is 2.81. The molecule has 0 aliphatic carbocycles. The smallest absolute Gasteiger partial charge is 0.319 e. The van der Waals surface area contributed by atoms with E-state index in [4.69, 9.17) is 0 Å². The number of benzene rings is 1. The molecule has 0 aliphatic rings. The van der Waals surface area contributed by atoms with Crippen LogP contribution in [0.25, 0.3) is 0 Å². The molecule has 4 heteroatoms. The molecule has 100 valence electrons. The van der Waals surface area contributed by atoms with Crippen molar-refractivity contribution in [3.63, 3.8) is 0 Å². The van der Waals surface area contributed by atoms with E-state index in [1.165, 1.54) is 5.56 Å². The van der Waals surface area contributed by atoms with Crippen LogP contribution in [0.15, 0.2) is 41.8 Å². The van der Waals surface area contributed by atoms with Gasteiger partial charge in [-0.25, -0.2) is 4.79 Å². The van der Waals surface area contributed by atoms with Gasteiger partial charge in [0.15, 0.2) is 0 Å². The summed E-state index contributed by atoms with van der Waals surface area (Å²) in [4.78, 5) is 12.9. The van der Waals surface area contributed by atoms with Gasteiger partial charge in [0.25, 0.3) is 0 Å². The molecule has 0 aliphatic heterocycles. The Labute approximate surface area is 117 Å². The Balaban J connectivity index is 1.89. The zero-order valence-electron chi connectivity index (χ0n) is 11.1. The SMILES string of the molecule is CC(C)c1cccc(NC(=O)NCc2cccs2)c1. The number of anilines is 1. The van der Waals surface area contributed by atoms with Crippen LogP contribution in [-0.4, -0.2) is 6.03 Å². The fourth-order valence-electron chi connectivity index (χ4n) is 1.73. The van der Waals surface area contributed by atoms with Crippen molar-refractivity contribution in [3.05, 3.63) is 52.2 Å². The van der Waals surface area contributed by atoms with Crippen molar-refractivity contribution in [1.82, 2.24) is 5.32 Å². The van der Waals surface area contributed by atoms with Crippen molar-refractivity contribution in [2.45, 2.75) is 26.3 Å². The summed E-state index contributed by atoms with van der Waals surface area (Å²) in [6, 6.07) is 11.8. The van der Waals surface area contributed by atoms with Gasteiger partial charge in [-0.05, 0) is 35.1 Å². The quantitative estimate of drug-likeness (QED) is 0.862. The molecule has 0 spiro atoms. The molecule has 0 unspecified atom stereocenters. The lowest BCUT2D eigenvalue weighted by atomic mass is 10.0. The molecule has 0 saturated carbocycles. The molecule has 3 nitrogen and oxygen atoms in total. The fraction of sp³-hybridized carbons (Fsp3) is 0.267. The summed E-state index contributed by atoms with van der Waals surface area (Å²) in [6.07, 6.45) is 0. The average Bonchev–Trinajstić information content (AvgIpc) is 2.90. The van der Waals surface area contributed by atoms with E-state index < -0.39 is 0 Å². The zero-order valence-corrected chi connectivity index (χ0v) is 12.0. The monoisotopic (exact) mass is 274 g/mol. The van der Waals surface area contributed by atoms with Crippen LogP contribution in [0.5, 0.6) is 0 Å². The lowest BCUT2D eigenvalue weighted by Gasteiger charge is -2.10. The normalized spacial score (nSPS) is 10.5. The fourth-order valence-corrected chi connectivity index (χ4v) is 2.38. The summed E-state index contributed by atoms with van der Waals surface area (Å²) in [5.74, 6) is 0.455. The Hall–Kier alpha value is -1.81. The van der Waals surface area contributed by atoms with Crippen LogP contribution in [0.3, 0.4) is 0 Å². The van der Waals surface area contributed by atoms with Gasteiger partial charge in [-0.15, -0.1) is 11.3 Å². The van der Waals surface area contributed by atoms with E-state index >= 15 is 0 Å². The summed E-state index contributed by atoms with van der Waals surface area (Å²) in [7, 11) is 0. The minimum Gasteiger partial charge on any atom is -0.333 e. The third kappa shape index (κ3) is 4.10. The van der Waals surface area contributed by atoms with Gasteiger partial charge < -0.3 is 10.6 Å². The molecule has 2 N–H and O–H groups in total. The molecule has 2 rings (SSSR count). The first-order valence-corrected chi connectivity index (χ1v) is 7.20. The number of carbonyl (C=O) groups is 1. The molecule has 0 saturated heterocycles. The Morgan fingerprint density at radius 2 is 2.11 bits per heavy atom. The molecule has 1 aromatic heterocycles. The summed E-state index contributed by atoms with van der Waals surface area (Å²) < 4.78 is 0. The molecule has 0 bridgehead atoms. The highest BCUT2D eigenvalue weighted by Gasteiger charge is 2.04. The molecule has 1 aromatic carbocycles. The minimum absolute atomic E-state index is 0.172. The minimum atomic E-state index is -0.172. The predicted octanol–water partition coefficient (Wildman–Crippen LogP) is 4.19. The van der Waals surface area contributed by atoms with E-state index in [2.05, 4.69) is 30.5 Å². The van der Waals surface area contributed by atoms with E-state index in [1.807, 2.05) is 35.7 Å². The van der Waals surface area contributed by atoms with Crippen molar-refractivity contribution < 1.29 is 4.79 Å². The number of hydrogen-bond donors (Lipinski definition) is 2. The first kappa shape index (κ1) is 13.6. The number of hydrogen-bond acceptors (Lipinski definition) is 2. The first-order chi connectivity index (χ1) is 9.15. The van der Waals surface area contributed by atoms with Gasteiger partial charge in [-0.2, -0.15) is 0 Å².